The van der Waals surface area contributed by atoms with Gasteiger partial charge in [-0.1, -0.05) is 19.4 Å². The van der Waals surface area contributed by atoms with Crippen LogP contribution in [-0.2, 0) is 0 Å². The van der Waals surface area contributed by atoms with Crippen LogP contribution in [0.25, 0.3) is 10.9 Å². The van der Waals surface area contributed by atoms with Crippen molar-refractivity contribution in [1.29, 1.82) is 0 Å². The molecule has 1 atom stereocenters. The van der Waals surface area contributed by atoms with Crippen molar-refractivity contribution in [3.63, 3.8) is 0 Å². The zero-order valence-corrected chi connectivity index (χ0v) is 11.4. The quantitative estimate of drug-likeness (QED) is 0.878. The molecule has 1 saturated heterocycles. The molecular formula is C16H20N2O. The molecule has 1 aromatic carbocycles. The minimum absolute atomic E-state index is 0.184. The maximum Gasteiger partial charge on any atom is 0.254 e. The number of aromatic amines is 1. The minimum atomic E-state index is 0.184. The van der Waals surface area contributed by atoms with Gasteiger partial charge in [0.1, 0.15) is 0 Å². The van der Waals surface area contributed by atoms with Gasteiger partial charge in [-0.15, -0.1) is 0 Å². The Balaban J connectivity index is 1.89. The fourth-order valence-electron chi connectivity index (χ4n) is 3.02. The average Bonchev–Trinajstić information content (AvgIpc) is 2.95. The number of amides is 1. The standard InChI is InChI=1S/C16H20N2O/c1-2-12-5-4-10-18(11-12)16(19)14-6-3-7-15-13(14)8-9-17-15/h3,6-9,12,17H,2,4-5,10-11H2,1H3. The van der Waals surface area contributed by atoms with E-state index in [4.69, 9.17) is 0 Å². The largest absolute Gasteiger partial charge is 0.361 e. The molecule has 100 valence electrons. The molecule has 1 unspecified atom stereocenters. The number of hydrogen-bond acceptors (Lipinski definition) is 1. The number of fused-ring (bicyclic) bond motifs is 1. The average molecular weight is 256 g/mol. The van der Waals surface area contributed by atoms with E-state index in [1.165, 1.54) is 6.42 Å². The molecule has 1 aliphatic heterocycles. The molecule has 3 heteroatoms. The lowest BCUT2D eigenvalue weighted by atomic mass is 9.95. The monoisotopic (exact) mass is 256 g/mol. The summed E-state index contributed by atoms with van der Waals surface area (Å²) in [7, 11) is 0. The molecule has 0 spiro atoms. The number of carbonyl (C=O) groups excluding carboxylic acids is 1. The molecule has 1 N–H and O–H groups in total. The molecule has 0 bridgehead atoms. The van der Waals surface area contributed by atoms with Gasteiger partial charge in [0.2, 0.25) is 0 Å². The second-order valence-electron chi connectivity index (χ2n) is 5.41. The van der Waals surface area contributed by atoms with E-state index in [1.54, 1.807) is 0 Å². The van der Waals surface area contributed by atoms with E-state index < -0.39 is 0 Å². The summed E-state index contributed by atoms with van der Waals surface area (Å²) < 4.78 is 0. The maximum absolute atomic E-state index is 12.7. The Labute approximate surface area is 113 Å². The third-order valence-electron chi connectivity index (χ3n) is 4.21. The molecule has 1 aliphatic rings. The molecule has 19 heavy (non-hydrogen) atoms. The Morgan fingerprint density at radius 3 is 3.16 bits per heavy atom. The second kappa shape index (κ2) is 5.08. The Morgan fingerprint density at radius 1 is 1.42 bits per heavy atom. The summed E-state index contributed by atoms with van der Waals surface area (Å²) in [6.07, 6.45) is 5.45. The first-order valence-electron chi connectivity index (χ1n) is 7.15. The van der Waals surface area contributed by atoms with E-state index in [0.717, 1.165) is 42.4 Å². The summed E-state index contributed by atoms with van der Waals surface area (Å²) in [4.78, 5) is 17.9. The van der Waals surface area contributed by atoms with Crippen molar-refractivity contribution in [2.75, 3.05) is 13.1 Å². The third-order valence-corrected chi connectivity index (χ3v) is 4.21. The van der Waals surface area contributed by atoms with Crippen LogP contribution in [0.1, 0.15) is 36.5 Å². The number of hydrogen-bond donors (Lipinski definition) is 1. The van der Waals surface area contributed by atoms with Crippen LogP contribution in [0.5, 0.6) is 0 Å². The number of rotatable bonds is 2. The highest BCUT2D eigenvalue weighted by atomic mass is 16.2. The number of carbonyl (C=O) groups is 1. The molecule has 0 saturated carbocycles. The first-order chi connectivity index (χ1) is 9.29. The van der Waals surface area contributed by atoms with Gasteiger partial charge < -0.3 is 9.88 Å². The van der Waals surface area contributed by atoms with Crippen LogP contribution in [0.2, 0.25) is 0 Å². The van der Waals surface area contributed by atoms with Crippen molar-refractivity contribution >= 4 is 16.8 Å². The minimum Gasteiger partial charge on any atom is -0.361 e. The number of piperidine rings is 1. The van der Waals surface area contributed by atoms with Gasteiger partial charge in [0.15, 0.2) is 0 Å². The molecule has 1 aromatic heterocycles. The fraction of sp³-hybridized carbons (Fsp3) is 0.438. The highest BCUT2D eigenvalue weighted by Gasteiger charge is 2.24. The van der Waals surface area contributed by atoms with Gasteiger partial charge in [0, 0.05) is 35.8 Å². The first kappa shape index (κ1) is 12.3. The van der Waals surface area contributed by atoms with Gasteiger partial charge in [0.05, 0.1) is 0 Å². The van der Waals surface area contributed by atoms with E-state index >= 15 is 0 Å². The molecule has 3 rings (SSSR count). The molecule has 1 fully saturated rings. The maximum atomic E-state index is 12.7. The van der Waals surface area contributed by atoms with Crippen LogP contribution in [0.15, 0.2) is 30.5 Å². The van der Waals surface area contributed by atoms with Crippen LogP contribution in [0.4, 0.5) is 0 Å². The summed E-state index contributed by atoms with van der Waals surface area (Å²) in [6, 6.07) is 7.89. The fourth-order valence-corrected chi connectivity index (χ4v) is 3.02. The van der Waals surface area contributed by atoms with Gasteiger partial charge in [0.25, 0.3) is 5.91 Å². The van der Waals surface area contributed by atoms with E-state index in [9.17, 15) is 4.79 Å². The van der Waals surface area contributed by atoms with Crippen molar-refractivity contribution in [2.45, 2.75) is 26.2 Å². The molecule has 0 radical (unpaired) electrons. The summed E-state index contributed by atoms with van der Waals surface area (Å²) >= 11 is 0. The Hall–Kier alpha value is -1.77. The van der Waals surface area contributed by atoms with Crippen molar-refractivity contribution in [3.05, 3.63) is 36.0 Å². The number of H-pyrrole nitrogens is 1. The Morgan fingerprint density at radius 2 is 2.32 bits per heavy atom. The van der Waals surface area contributed by atoms with Crippen molar-refractivity contribution in [1.82, 2.24) is 9.88 Å². The lowest BCUT2D eigenvalue weighted by Crippen LogP contribution is -2.39. The van der Waals surface area contributed by atoms with Crippen molar-refractivity contribution in [3.8, 4) is 0 Å². The number of aromatic nitrogens is 1. The molecule has 2 aromatic rings. The number of likely N-dealkylation sites (tertiary alicyclic amines) is 1. The molecule has 0 aliphatic carbocycles. The number of benzene rings is 1. The Kier molecular flexibility index (Phi) is 3.28. The highest BCUT2D eigenvalue weighted by molar-refractivity contribution is 6.06. The van der Waals surface area contributed by atoms with Gasteiger partial charge in [-0.3, -0.25) is 4.79 Å². The molecular weight excluding hydrogens is 236 g/mol. The summed E-state index contributed by atoms with van der Waals surface area (Å²) in [6.45, 7) is 4.03. The Bertz CT molecular complexity index is 587. The van der Waals surface area contributed by atoms with E-state index in [-0.39, 0.29) is 5.91 Å². The normalized spacial score (nSPS) is 19.8. The SMILES string of the molecule is CCC1CCCN(C(=O)c2cccc3[nH]ccc23)C1. The smallest absolute Gasteiger partial charge is 0.254 e. The van der Waals surface area contributed by atoms with E-state index in [2.05, 4.69) is 11.9 Å². The highest BCUT2D eigenvalue weighted by Crippen LogP contribution is 2.24. The van der Waals surface area contributed by atoms with Crippen LogP contribution < -0.4 is 0 Å². The predicted octanol–water partition coefficient (Wildman–Crippen LogP) is 3.43. The van der Waals surface area contributed by atoms with E-state index in [1.807, 2.05) is 35.4 Å². The third kappa shape index (κ3) is 2.25. The van der Waals surface area contributed by atoms with Crippen LogP contribution in [0, 0.1) is 5.92 Å². The zero-order valence-electron chi connectivity index (χ0n) is 11.4. The van der Waals surface area contributed by atoms with E-state index in [0.29, 0.717) is 5.92 Å². The summed E-state index contributed by atoms with van der Waals surface area (Å²) in [5.41, 5.74) is 1.87. The lowest BCUT2D eigenvalue weighted by molar-refractivity contribution is 0.0673. The number of nitrogens with zero attached hydrogens (tertiary/aromatic N) is 1. The second-order valence-corrected chi connectivity index (χ2v) is 5.41. The van der Waals surface area contributed by atoms with Gasteiger partial charge in [-0.2, -0.15) is 0 Å². The molecule has 1 amide bonds. The summed E-state index contributed by atoms with van der Waals surface area (Å²) in [5, 5.41) is 1.03. The van der Waals surface area contributed by atoms with Crippen LogP contribution >= 0.6 is 0 Å². The predicted molar refractivity (Wildman–Crippen MR) is 77.2 cm³/mol. The lowest BCUT2D eigenvalue weighted by Gasteiger charge is -2.32. The van der Waals surface area contributed by atoms with Crippen LogP contribution in [-0.4, -0.2) is 28.9 Å². The zero-order chi connectivity index (χ0) is 13.2. The molecule has 3 nitrogen and oxygen atoms in total. The van der Waals surface area contributed by atoms with Gasteiger partial charge in [-0.05, 0) is 37.0 Å². The molecule has 2 heterocycles. The van der Waals surface area contributed by atoms with Gasteiger partial charge >= 0.3 is 0 Å². The summed E-state index contributed by atoms with van der Waals surface area (Å²) in [5.74, 6) is 0.853. The number of nitrogens with one attached hydrogen (secondary N) is 1. The van der Waals surface area contributed by atoms with Crippen molar-refractivity contribution in [2.24, 2.45) is 5.92 Å². The van der Waals surface area contributed by atoms with Gasteiger partial charge in [-0.25, -0.2) is 0 Å². The van der Waals surface area contributed by atoms with Crippen LogP contribution in [0.3, 0.4) is 0 Å². The van der Waals surface area contributed by atoms with Crippen molar-refractivity contribution < 1.29 is 4.79 Å². The first-order valence-corrected chi connectivity index (χ1v) is 7.15. The topological polar surface area (TPSA) is 36.1 Å².